The molecule has 0 spiro atoms. The third-order valence-corrected chi connectivity index (χ3v) is 3.53. The molecule has 1 aromatic heterocycles. The van der Waals surface area contributed by atoms with Gasteiger partial charge in [0.2, 0.25) is 6.79 Å². The number of benzene rings is 1. The lowest BCUT2D eigenvalue weighted by Crippen LogP contribution is -2.13. The first-order chi connectivity index (χ1) is 9.63. The Morgan fingerprint density at radius 2 is 2.20 bits per heavy atom. The summed E-state index contributed by atoms with van der Waals surface area (Å²) in [5.74, 6) is 1.35. The Balaban J connectivity index is 1.64. The summed E-state index contributed by atoms with van der Waals surface area (Å²) in [6.45, 7) is 3.73. The lowest BCUT2D eigenvalue weighted by molar-refractivity contribution is 0.174. The number of nitrogens with one attached hydrogen (secondary N) is 1. The highest BCUT2D eigenvalue weighted by molar-refractivity contribution is 6.32. The van der Waals surface area contributed by atoms with Gasteiger partial charge in [0, 0.05) is 31.9 Å². The van der Waals surface area contributed by atoms with Crippen LogP contribution >= 0.6 is 11.6 Å². The zero-order chi connectivity index (χ0) is 14.1. The number of nitrogens with zero attached hydrogens (tertiary/aromatic N) is 2. The number of aryl methyl sites for hydroxylation is 2. The number of aromatic nitrogens is 2. The molecule has 0 unspecified atom stereocenters. The Bertz CT molecular complexity index is 640. The summed E-state index contributed by atoms with van der Waals surface area (Å²) in [6.07, 6.45) is 2.02. The van der Waals surface area contributed by atoms with E-state index >= 15 is 0 Å². The minimum Gasteiger partial charge on any atom is -0.454 e. The molecule has 0 saturated carbocycles. The summed E-state index contributed by atoms with van der Waals surface area (Å²) in [6, 6.07) is 3.86. The van der Waals surface area contributed by atoms with Gasteiger partial charge in [-0.15, -0.1) is 0 Å². The zero-order valence-electron chi connectivity index (χ0n) is 11.4. The van der Waals surface area contributed by atoms with Gasteiger partial charge in [0.15, 0.2) is 11.5 Å². The molecule has 3 rings (SSSR count). The molecule has 1 aromatic carbocycles. The van der Waals surface area contributed by atoms with Crippen LogP contribution in [0.1, 0.15) is 16.8 Å². The van der Waals surface area contributed by atoms with Gasteiger partial charge in [-0.1, -0.05) is 11.6 Å². The van der Waals surface area contributed by atoms with Gasteiger partial charge in [-0.25, -0.2) is 0 Å². The molecule has 0 bridgehead atoms. The molecule has 1 N–H and O–H groups in total. The van der Waals surface area contributed by atoms with Crippen LogP contribution in [-0.2, 0) is 20.1 Å². The first kappa shape index (κ1) is 13.3. The summed E-state index contributed by atoms with van der Waals surface area (Å²) in [7, 11) is 1.92. The first-order valence-corrected chi connectivity index (χ1v) is 6.79. The quantitative estimate of drug-likeness (QED) is 0.940. The molecule has 0 radical (unpaired) electrons. The third kappa shape index (κ3) is 2.59. The molecule has 2 aromatic rings. The maximum absolute atomic E-state index is 6.15. The van der Waals surface area contributed by atoms with E-state index in [1.807, 2.05) is 37.0 Å². The van der Waals surface area contributed by atoms with Gasteiger partial charge in [-0.3, -0.25) is 4.68 Å². The normalized spacial score (nSPS) is 12.9. The average Bonchev–Trinajstić information content (AvgIpc) is 2.97. The van der Waals surface area contributed by atoms with Gasteiger partial charge in [-0.2, -0.15) is 5.10 Å². The largest absolute Gasteiger partial charge is 0.454 e. The van der Waals surface area contributed by atoms with Crippen molar-refractivity contribution in [1.82, 2.24) is 15.1 Å². The molecule has 20 heavy (non-hydrogen) atoms. The summed E-state index contributed by atoms with van der Waals surface area (Å²) in [5, 5.41) is 8.29. The van der Waals surface area contributed by atoms with Crippen LogP contribution in [0.4, 0.5) is 0 Å². The highest BCUT2D eigenvalue weighted by atomic mass is 35.5. The number of rotatable bonds is 4. The minimum atomic E-state index is 0.237. The predicted octanol–water partition coefficient (Wildman–Crippen LogP) is 2.40. The van der Waals surface area contributed by atoms with Crippen LogP contribution in [0.2, 0.25) is 5.02 Å². The van der Waals surface area contributed by atoms with Gasteiger partial charge in [0.1, 0.15) is 0 Å². The summed E-state index contributed by atoms with van der Waals surface area (Å²) in [5.41, 5.74) is 3.31. The Kier molecular flexibility index (Phi) is 3.54. The average molecular weight is 294 g/mol. The number of halogens is 1. The van der Waals surface area contributed by atoms with Crippen LogP contribution in [0.3, 0.4) is 0 Å². The molecule has 6 heteroatoms. The van der Waals surface area contributed by atoms with E-state index < -0.39 is 0 Å². The molecular formula is C14H16ClN3O2. The predicted molar refractivity (Wildman–Crippen MR) is 76.1 cm³/mol. The van der Waals surface area contributed by atoms with Crippen LogP contribution in [0.5, 0.6) is 11.5 Å². The molecule has 0 amide bonds. The Labute approximate surface area is 122 Å². The molecule has 0 atom stereocenters. The van der Waals surface area contributed by atoms with E-state index in [0.29, 0.717) is 23.1 Å². The fourth-order valence-corrected chi connectivity index (χ4v) is 2.57. The van der Waals surface area contributed by atoms with Crippen LogP contribution in [0.15, 0.2) is 18.3 Å². The van der Waals surface area contributed by atoms with Crippen molar-refractivity contribution in [2.75, 3.05) is 6.79 Å². The van der Waals surface area contributed by atoms with E-state index in [0.717, 1.165) is 17.8 Å². The number of ether oxygens (including phenoxy) is 2. The molecule has 1 aliphatic rings. The summed E-state index contributed by atoms with van der Waals surface area (Å²) >= 11 is 6.15. The molecular weight excluding hydrogens is 278 g/mol. The molecule has 0 saturated heterocycles. The van der Waals surface area contributed by atoms with Crippen molar-refractivity contribution in [2.45, 2.75) is 20.0 Å². The van der Waals surface area contributed by atoms with E-state index in [2.05, 4.69) is 10.4 Å². The third-order valence-electron chi connectivity index (χ3n) is 3.25. The number of hydrogen-bond acceptors (Lipinski definition) is 4. The lowest BCUT2D eigenvalue weighted by atomic mass is 10.2. The monoisotopic (exact) mass is 293 g/mol. The maximum Gasteiger partial charge on any atom is 0.231 e. The first-order valence-electron chi connectivity index (χ1n) is 6.41. The topological polar surface area (TPSA) is 48.3 Å². The summed E-state index contributed by atoms with van der Waals surface area (Å²) < 4.78 is 12.5. The highest BCUT2D eigenvalue weighted by Gasteiger charge is 2.18. The molecule has 0 aliphatic carbocycles. The molecule has 1 aliphatic heterocycles. The second-order valence-electron chi connectivity index (χ2n) is 4.83. The number of fused-ring (bicyclic) bond motifs is 1. The van der Waals surface area contributed by atoms with Crippen LogP contribution in [0.25, 0.3) is 0 Å². The van der Waals surface area contributed by atoms with E-state index in [1.165, 1.54) is 5.56 Å². The van der Waals surface area contributed by atoms with E-state index in [-0.39, 0.29) is 6.79 Å². The van der Waals surface area contributed by atoms with Crippen molar-refractivity contribution in [3.63, 3.8) is 0 Å². The van der Waals surface area contributed by atoms with Crippen molar-refractivity contribution in [1.29, 1.82) is 0 Å². The number of hydrogen-bond donors (Lipinski definition) is 1. The second kappa shape index (κ2) is 5.34. The smallest absolute Gasteiger partial charge is 0.231 e. The second-order valence-corrected chi connectivity index (χ2v) is 5.24. The van der Waals surface area contributed by atoms with E-state index in [1.54, 1.807) is 0 Å². The van der Waals surface area contributed by atoms with Crippen molar-refractivity contribution in [3.8, 4) is 11.5 Å². The van der Waals surface area contributed by atoms with Gasteiger partial charge >= 0.3 is 0 Å². The SMILES string of the molecule is Cc1nn(C)cc1CNCc1cc(Cl)c2c(c1)OCO2. The molecule has 106 valence electrons. The van der Waals surface area contributed by atoms with Crippen molar-refractivity contribution < 1.29 is 9.47 Å². The van der Waals surface area contributed by atoms with Gasteiger partial charge in [-0.05, 0) is 24.6 Å². The lowest BCUT2D eigenvalue weighted by Gasteiger charge is -2.06. The standard InChI is InChI=1S/C14H16ClN3O2/c1-9-11(7-18(2)17-9)6-16-5-10-3-12(15)14-13(4-10)19-8-20-14/h3-4,7,16H,5-6,8H2,1-2H3. The highest BCUT2D eigenvalue weighted by Crippen LogP contribution is 2.39. The van der Waals surface area contributed by atoms with Gasteiger partial charge in [0.05, 0.1) is 10.7 Å². The van der Waals surface area contributed by atoms with Crippen molar-refractivity contribution >= 4 is 11.6 Å². The van der Waals surface area contributed by atoms with Crippen molar-refractivity contribution in [3.05, 3.63) is 40.2 Å². The van der Waals surface area contributed by atoms with Crippen LogP contribution in [0, 0.1) is 6.92 Å². The fourth-order valence-electron chi connectivity index (χ4n) is 2.29. The maximum atomic E-state index is 6.15. The van der Waals surface area contributed by atoms with Gasteiger partial charge in [0.25, 0.3) is 0 Å². The van der Waals surface area contributed by atoms with Crippen LogP contribution < -0.4 is 14.8 Å². The Morgan fingerprint density at radius 3 is 2.95 bits per heavy atom. The van der Waals surface area contributed by atoms with Crippen LogP contribution in [-0.4, -0.2) is 16.6 Å². The Morgan fingerprint density at radius 1 is 1.35 bits per heavy atom. The molecule has 5 nitrogen and oxygen atoms in total. The van der Waals surface area contributed by atoms with Crippen molar-refractivity contribution in [2.24, 2.45) is 7.05 Å². The zero-order valence-corrected chi connectivity index (χ0v) is 12.2. The summed E-state index contributed by atoms with van der Waals surface area (Å²) in [4.78, 5) is 0. The fraction of sp³-hybridized carbons (Fsp3) is 0.357. The molecule has 2 heterocycles. The minimum absolute atomic E-state index is 0.237. The van der Waals surface area contributed by atoms with Gasteiger partial charge < -0.3 is 14.8 Å². The van der Waals surface area contributed by atoms with E-state index in [9.17, 15) is 0 Å². The molecule has 0 fully saturated rings. The Hall–Kier alpha value is -1.72. The van der Waals surface area contributed by atoms with E-state index in [4.69, 9.17) is 21.1 Å².